The van der Waals surface area contributed by atoms with Crippen LogP contribution in [0.2, 0.25) is 0 Å². The lowest BCUT2D eigenvalue weighted by molar-refractivity contribution is -0.139. The van der Waals surface area contributed by atoms with E-state index in [-0.39, 0.29) is 19.0 Å². The lowest BCUT2D eigenvalue weighted by Crippen LogP contribution is -2.47. The molecule has 3 amide bonds. The summed E-state index contributed by atoms with van der Waals surface area (Å²) in [7, 11) is 0. The zero-order chi connectivity index (χ0) is 18.4. The van der Waals surface area contributed by atoms with Crippen LogP contribution >= 0.6 is 11.3 Å². The maximum atomic E-state index is 12.4. The van der Waals surface area contributed by atoms with E-state index in [1.165, 1.54) is 11.3 Å². The minimum Gasteiger partial charge on any atom is -0.355 e. The molecular formula is C18H19N3O4S. The van der Waals surface area contributed by atoms with Crippen molar-refractivity contribution in [3.8, 4) is 0 Å². The molecule has 1 aromatic heterocycles. The van der Waals surface area contributed by atoms with E-state index in [1.807, 2.05) is 41.8 Å². The molecule has 0 bridgehead atoms. The van der Waals surface area contributed by atoms with Crippen molar-refractivity contribution >= 4 is 29.1 Å². The van der Waals surface area contributed by atoms with E-state index in [1.54, 1.807) is 11.0 Å². The number of carbonyl (C=O) groups excluding carboxylic acids is 3. The molecule has 0 spiro atoms. The molecule has 0 radical (unpaired) electrons. The fraction of sp³-hybridized carbons (Fsp3) is 0.278. The van der Waals surface area contributed by atoms with Crippen LogP contribution in [0.25, 0.3) is 0 Å². The molecule has 7 nitrogen and oxygen atoms in total. The molecule has 1 aliphatic heterocycles. The summed E-state index contributed by atoms with van der Waals surface area (Å²) in [5.74, 6) is -1.60. The predicted molar refractivity (Wildman–Crippen MR) is 96.4 cm³/mol. The third kappa shape index (κ3) is 4.47. The molecule has 1 fully saturated rings. The van der Waals surface area contributed by atoms with E-state index < -0.39 is 18.0 Å². The van der Waals surface area contributed by atoms with E-state index >= 15 is 0 Å². The molecule has 1 aliphatic rings. The van der Waals surface area contributed by atoms with E-state index in [0.717, 1.165) is 5.56 Å². The minimum atomic E-state index is -0.750. The number of thiophene rings is 1. The van der Waals surface area contributed by atoms with Crippen molar-refractivity contribution in [2.75, 3.05) is 19.7 Å². The zero-order valence-electron chi connectivity index (χ0n) is 14.0. The van der Waals surface area contributed by atoms with Crippen LogP contribution in [0.3, 0.4) is 0 Å². The Morgan fingerprint density at radius 1 is 1.08 bits per heavy atom. The highest BCUT2D eigenvalue weighted by molar-refractivity contribution is 7.12. The van der Waals surface area contributed by atoms with Gasteiger partial charge < -0.3 is 20.3 Å². The first-order chi connectivity index (χ1) is 12.6. The summed E-state index contributed by atoms with van der Waals surface area (Å²) in [5.41, 5.74) is 0.903. The fourth-order valence-corrected chi connectivity index (χ4v) is 3.26. The van der Waals surface area contributed by atoms with E-state index in [9.17, 15) is 14.4 Å². The van der Waals surface area contributed by atoms with Crippen LogP contribution in [0.1, 0.15) is 15.2 Å². The second kappa shape index (κ2) is 8.59. The number of benzene rings is 1. The lowest BCUT2D eigenvalue weighted by atomic mass is 10.2. The molecule has 0 aliphatic carbocycles. The third-order valence-electron chi connectivity index (χ3n) is 3.92. The number of rotatable bonds is 5. The van der Waals surface area contributed by atoms with Crippen molar-refractivity contribution in [2.45, 2.75) is 12.8 Å². The quantitative estimate of drug-likeness (QED) is 0.765. The fourth-order valence-electron chi connectivity index (χ4n) is 2.58. The maximum absolute atomic E-state index is 12.4. The van der Waals surface area contributed by atoms with Gasteiger partial charge >= 0.3 is 11.8 Å². The first-order valence-electron chi connectivity index (χ1n) is 8.21. The van der Waals surface area contributed by atoms with Gasteiger partial charge in [-0.1, -0.05) is 36.4 Å². The Balaban J connectivity index is 1.47. The van der Waals surface area contributed by atoms with Crippen LogP contribution in [0.5, 0.6) is 0 Å². The number of hydrogen-bond donors (Lipinski definition) is 2. The second-order valence-electron chi connectivity index (χ2n) is 5.68. The average molecular weight is 373 g/mol. The second-order valence-corrected chi connectivity index (χ2v) is 6.63. The number of nitrogens with one attached hydrogen (secondary N) is 2. The molecule has 3 rings (SSSR count). The molecule has 1 atom stereocenters. The topological polar surface area (TPSA) is 87.7 Å². The molecule has 1 saturated heterocycles. The Morgan fingerprint density at radius 3 is 2.58 bits per heavy atom. The van der Waals surface area contributed by atoms with Crippen molar-refractivity contribution in [3.05, 3.63) is 58.3 Å². The van der Waals surface area contributed by atoms with Gasteiger partial charge in [-0.15, -0.1) is 11.3 Å². The van der Waals surface area contributed by atoms with Crippen molar-refractivity contribution < 1.29 is 19.1 Å². The molecule has 136 valence electrons. The van der Waals surface area contributed by atoms with Gasteiger partial charge in [-0.25, -0.2) is 0 Å². The third-order valence-corrected chi connectivity index (χ3v) is 4.78. The van der Waals surface area contributed by atoms with E-state index in [0.29, 0.717) is 18.0 Å². The van der Waals surface area contributed by atoms with Crippen LogP contribution in [-0.4, -0.2) is 48.5 Å². The highest BCUT2D eigenvalue weighted by Gasteiger charge is 2.31. The largest absolute Gasteiger partial charge is 0.355 e. The normalized spacial score (nSPS) is 16.3. The van der Waals surface area contributed by atoms with Crippen molar-refractivity contribution in [1.82, 2.24) is 15.5 Å². The average Bonchev–Trinajstić information content (AvgIpc) is 3.36. The van der Waals surface area contributed by atoms with Crippen LogP contribution in [-0.2, 0) is 20.9 Å². The van der Waals surface area contributed by atoms with Gasteiger partial charge in [0, 0.05) is 13.1 Å². The first-order valence-corrected chi connectivity index (χ1v) is 9.09. The Kier molecular flexibility index (Phi) is 5.98. The first kappa shape index (κ1) is 18.1. The summed E-state index contributed by atoms with van der Waals surface area (Å²) in [6.45, 7) is 1.19. The number of hydrogen-bond acceptors (Lipinski definition) is 5. The number of amides is 3. The Hall–Kier alpha value is -2.71. The van der Waals surface area contributed by atoms with Gasteiger partial charge in [0.15, 0.2) is 0 Å². The standard InChI is InChI=1S/C18H19N3O4S/c22-16(19-11-13-5-2-1-3-6-13)17(23)20-12-15-21(8-9-25-15)18(24)14-7-4-10-26-14/h1-7,10,15H,8-9,11-12H2,(H,19,22)(H,20,23)/t15-/m1/s1. The van der Waals surface area contributed by atoms with Crippen molar-refractivity contribution in [2.24, 2.45) is 0 Å². The molecular weight excluding hydrogens is 354 g/mol. The van der Waals surface area contributed by atoms with Gasteiger partial charge in [-0.2, -0.15) is 0 Å². The van der Waals surface area contributed by atoms with Crippen LogP contribution in [0.4, 0.5) is 0 Å². The summed E-state index contributed by atoms with van der Waals surface area (Å²) in [4.78, 5) is 38.4. The van der Waals surface area contributed by atoms with E-state index in [4.69, 9.17) is 4.74 Å². The van der Waals surface area contributed by atoms with E-state index in [2.05, 4.69) is 10.6 Å². The number of nitrogens with zero attached hydrogens (tertiary/aromatic N) is 1. The zero-order valence-corrected chi connectivity index (χ0v) is 14.8. The molecule has 8 heteroatoms. The molecule has 2 N–H and O–H groups in total. The minimum absolute atomic E-state index is 0.0642. The summed E-state index contributed by atoms with van der Waals surface area (Å²) in [6, 6.07) is 12.9. The van der Waals surface area contributed by atoms with Gasteiger partial charge in [-0.3, -0.25) is 14.4 Å². The SMILES string of the molecule is O=C(NCc1ccccc1)C(=O)NC[C@H]1OCCN1C(=O)c1cccs1. The van der Waals surface area contributed by atoms with Crippen LogP contribution in [0.15, 0.2) is 47.8 Å². The van der Waals surface area contributed by atoms with Gasteiger partial charge in [0.25, 0.3) is 5.91 Å². The Morgan fingerprint density at radius 2 is 1.85 bits per heavy atom. The molecule has 1 aromatic carbocycles. The van der Waals surface area contributed by atoms with Gasteiger partial charge in [0.05, 0.1) is 18.0 Å². The summed E-state index contributed by atoms with van der Waals surface area (Å²) in [6.07, 6.45) is -0.574. The van der Waals surface area contributed by atoms with Gasteiger partial charge in [-0.05, 0) is 17.0 Å². The highest BCUT2D eigenvalue weighted by atomic mass is 32.1. The van der Waals surface area contributed by atoms with Crippen molar-refractivity contribution in [1.29, 1.82) is 0 Å². The molecule has 2 heterocycles. The Labute approximate surface area is 155 Å². The molecule has 0 unspecified atom stereocenters. The predicted octanol–water partition coefficient (Wildman–Crippen LogP) is 0.979. The van der Waals surface area contributed by atoms with Gasteiger partial charge in [0.2, 0.25) is 0 Å². The molecule has 0 saturated carbocycles. The lowest BCUT2D eigenvalue weighted by Gasteiger charge is -2.22. The Bertz CT molecular complexity index is 764. The number of carbonyl (C=O) groups is 3. The number of ether oxygens (including phenoxy) is 1. The van der Waals surface area contributed by atoms with Crippen molar-refractivity contribution in [3.63, 3.8) is 0 Å². The summed E-state index contributed by atoms with van der Waals surface area (Å²) < 4.78 is 5.51. The molecule has 26 heavy (non-hydrogen) atoms. The molecule has 2 aromatic rings. The monoisotopic (exact) mass is 373 g/mol. The highest BCUT2D eigenvalue weighted by Crippen LogP contribution is 2.17. The smallest absolute Gasteiger partial charge is 0.309 e. The summed E-state index contributed by atoms with van der Waals surface area (Å²) in [5, 5.41) is 6.92. The maximum Gasteiger partial charge on any atom is 0.309 e. The van der Waals surface area contributed by atoms with Crippen LogP contribution < -0.4 is 10.6 Å². The summed E-state index contributed by atoms with van der Waals surface area (Å²) >= 11 is 1.36. The van der Waals surface area contributed by atoms with Crippen LogP contribution in [0, 0.1) is 0 Å². The van der Waals surface area contributed by atoms with Gasteiger partial charge in [0.1, 0.15) is 6.23 Å².